The number of nitrogens with one attached hydrogen (secondary N) is 1. The van der Waals surface area contributed by atoms with Crippen LogP contribution < -0.4 is 9.46 Å². The van der Waals surface area contributed by atoms with Crippen molar-refractivity contribution in [1.29, 1.82) is 0 Å². The standard InChI is InChI=1S/C19H22N2O5S/c1-14(20-23)15-8-7-9-16(12-15)21-27(24,25)13-19(2,3)18(22)26-17-10-5-4-6-11-17/h4-12,21,23H,13H2,1-3H3/b20-14-. The van der Waals surface area contributed by atoms with E-state index in [1.165, 1.54) is 13.8 Å². The van der Waals surface area contributed by atoms with Gasteiger partial charge >= 0.3 is 5.97 Å². The largest absolute Gasteiger partial charge is 0.426 e. The molecule has 8 heteroatoms. The molecule has 0 radical (unpaired) electrons. The van der Waals surface area contributed by atoms with Crippen LogP contribution in [0.1, 0.15) is 26.3 Å². The van der Waals surface area contributed by atoms with Gasteiger partial charge in [-0.25, -0.2) is 8.42 Å². The molecule has 0 aliphatic heterocycles. The molecule has 0 fully saturated rings. The summed E-state index contributed by atoms with van der Waals surface area (Å²) in [5.74, 6) is -0.744. The SMILES string of the molecule is C/C(=N/O)c1cccc(NS(=O)(=O)CC(C)(C)C(=O)Oc2ccccc2)c1. The second-order valence-electron chi connectivity index (χ2n) is 6.71. The zero-order valence-corrected chi connectivity index (χ0v) is 16.2. The van der Waals surface area contributed by atoms with Crippen molar-refractivity contribution >= 4 is 27.4 Å². The van der Waals surface area contributed by atoms with Crippen LogP contribution >= 0.6 is 0 Å². The number of oxime groups is 1. The number of nitrogens with zero attached hydrogens (tertiary/aromatic N) is 1. The molecule has 0 aliphatic carbocycles. The fraction of sp³-hybridized carbons (Fsp3) is 0.263. The summed E-state index contributed by atoms with van der Waals surface area (Å²) in [6, 6.07) is 14.9. The highest BCUT2D eigenvalue weighted by molar-refractivity contribution is 7.92. The average Bonchev–Trinajstić information content (AvgIpc) is 2.60. The topological polar surface area (TPSA) is 105 Å². The van der Waals surface area contributed by atoms with Crippen LogP contribution in [0.4, 0.5) is 5.69 Å². The third kappa shape index (κ3) is 5.82. The van der Waals surface area contributed by atoms with Gasteiger partial charge in [0.2, 0.25) is 10.0 Å². The highest BCUT2D eigenvalue weighted by Crippen LogP contribution is 2.24. The van der Waals surface area contributed by atoms with Crippen LogP contribution in [-0.4, -0.2) is 31.1 Å². The Bertz CT molecular complexity index is 938. The maximum atomic E-state index is 12.5. The average molecular weight is 390 g/mol. The monoisotopic (exact) mass is 390 g/mol. The van der Waals surface area contributed by atoms with Gasteiger partial charge in [-0.15, -0.1) is 0 Å². The van der Waals surface area contributed by atoms with E-state index >= 15 is 0 Å². The van der Waals surface area contributed by atoms with E-state index in [1.807, 2.05) is 0 Å². The molecule has 0 aliphatic rings. The van der Waals surface area contributed by atoms with Gasteiger partial charge in [0.25, 0.3) is 0 Å². The predicted octanol–water partition coefficient (Wildman–Crippen LogP) is 3.26. The van der Waals surface area contributed by atoms with Gasteiger partial charge in [-0.05, 0) is 45.0 Å². The van der Waals surface area contributed by atoms with Crippen LogP contribution in [0.15, 0.2) is 59.8 Å². The number of benzene rings is 2. The minimum Gasteiger partial charge on any atom is -0.426 e. The summed E-state index contributed by atoms with van der Waals surface area (Å²) in [6.07, 6.45) is 0. The lowest BCUT2D eigenvalue weighted by atomic mass is 9.97. The molecular formula is C19H22N2O5S. The summed E-state index contributed by atoms with van der Waals surface area (Å²) in [5, 5.41) is 11.9. The molecule has 0 bridgehead atoms. The first-order valence-corrected chi connectivity index (χ1v) is 9.85. The lowest BCUT2D eigenvalue weighted by molar-refractivity contribution is -0.142. The summed E-state index contributed by atoms with van der Waals surface area (Å²) >= 11 is 0. The summed E-state index contributed by atoms with van der Waals surface area (Å²) in [7, 11) is -3.83. The Kier molecular flexibility index (Phi) is 6.22. The zero-order chi connectivity index (χ0) is 20.1. The van der Waals surface area contributed by atoms with Crippen molar-refractivity contribution in [3.05, 3.63) is 60.2 Å². The molecular weight excluding hydrogens is 368 g/mol. The van der Waals surface area contributed by atoms with Crippen LogP contribution in [0.2, 0.25) is 0 Å². The van der Waals surface area contributed by atoms with Crippen LogP contribution in [0, 0.1) is 5.41 Å². The summed E-state index contributed by atoms with van der Waals surface area (Å²) in [5.41, 5.74) is -0.0344. The first-order valence-electron chi connectivity index (χ1n) is 8.20. The molecule has 2 aromatic rings. The van der Waals surface area contributed by atoms with Gasteiger partial charge in [-0.3, -0.25) is 9.52 Å². The van der Waals surface area contributed by atoms with Gasteiger partial charge in [0.1, 0.15) is 5.75 Å². The Labute approximate surface area is 158 Å². The third-order valence-corrected chi connectivity index (χ3v) is 5.41. The molecule has 0 atom stereocenters. The molecule has 27 heavy (non-hydrogen) atoms. The number of hydrogen-bond donors (Lipinski definition) is 2. The predicted molar refractivity (Wildman–Crippen MR) is 104 cm³/mol. The van der Waals surface area contributed by atoms with Gasteiger partial charge < -0.3 is 9.94 Å². The number of anilines is 1. The van der Waals surface area contributed by atoms with Crippen molar-refractivity contribution in [3.63, 3.8) is 0 Å². The van der Waals surface area contributed by atoms with Crippen LogP contribution in [0.5, 0.6) is 5.75 Å². The van der Waals surface area contributed by atoms with Crippen LogP contribution in [0.3, 0.4) is 0 Å². The highest BCUT2D eigenvalue weighted by atomic mass is 32.2. The van der Waals surface area contributed by atoms with E-state index in [-0.39, 0.29) is 0 Å². The number of hydrogen-bond acceptors (Lipinski definition) is 6. The Morgan fingerprint density at radius 2 is 1.81 bits per heavy atom. The number of carbonyl (C=O) groups is 1. The van der Waals surface area contributed by atoms with Gasteiger partial charge in [0.05, 0.1) is 16.9 Å². The summed E-state index contributed by atoms with van der Waals surface area (Å²) in [4.78, 5) is 12.4. The van der Waals surface area contributed by atoms with E-state index in [1.54, 1.807) is 61.5 Å². The molecule has 0 spiro atoms. The van der Waals surface area contributed by atoms with Crippen molar-refractivity contribution in [3.8, 4) is 5.75 Å². The zero-order valence-electron chi connectivity index (χ0n) is 15.3. The number of rotatable bonds is 7. The maximum absolute atomic E-state index is 12.5. The number of carbonyl (C=O) groups excluding carboxylic acids is 1. The van der Waals surface area contributed by atoms with Gasteiger partial charge in [-0.2, -0.15) is 0 Å². The summed E-state index contributed by atoms with van der Waals surface area (Å²) < 4.78 is 32.8. The van der Waals surface area contributed by atoms with E-state index in [2.05, 4.69) is 9.88 Å². The normalized spacial score (nSPS) is 12.5. The fourth-order valence-electron chi connectivity index (χ4n) is 2.35. The molecule has 0 saturated carbocycles. The lowest BCUT2D eigenvalue weighted by Crippen LogP contribution is -2.37. The first kappa shape index (κ1) is 20.4. The molecule has 144 valence electrons. The molecule has 0 unspecified atom stereocenters. The fourth-order valence-corrected chi connectivity index (χ4v) is 3.98. The molecule has 2 aromatic carbocycles. The minimum atomic E-state index is -3.83. The van der Waals surface area contributed by atoms with E-state index in [9.17, 15) is 13.2 Å². The van der Waals surface area contributed by atoms with Gasteiger partial charge in [0, 0.05) is 11.3 Å². The second-order valence-corrected chi connectivity index (χ2v) is 8.44. The Hall–Kier alpha value is -2.87. The van der Waals surface area contributed by atoms with E-state index in [0.717, 1.165) is 0 Å². The quantitative estimate of drug-likeness (QED) is 0.248. The number of esters is 1. The van der Waals surface area contributed by atoms with Crippen molar-refractivity contribution in [2.24, 2.45) is 10.6 Å². The number of sulfonamides is 1. The number of para-hydroxylation sites is 1. The Morgan fingerprint density at radius 3 is 2.44 bits per heavy atom. The second kappa shape index (κ2) is 8.22. The van der Waals surface area contributed by atoms with Crippen molar-refractivity contribution in [1.82, 2.24) is 0 Å². The van der Waals surface area contributed by atoms with E-state index in [4.69, 9.17) is 9.94 Å². The minimum absolute atomic E-state index is 0.308. The lowest BCUT2D eigenvalue weighted by Gasteiger charge is -2.22. The molecule has 0 saturated heterocycles. The van der Waals surface area contributed by atoms with Crippen LogP contribution in [-0.2, 0) is 14.8 Å². The van der Waals surface area contributed by atoms with Crippen molar-refractivity contribution in [2.75, 3.05) is 10.5 Å². The molecule has 0 amide bonds. The molecule has 0 aromatic heterocycles. The number of ether oxygens (including phenoxy) is 1. The molecule has 2 N–H and O–H groups in total. The third-order valence-electron chi connectivity index (χ3n) is 3.76. The Balaban J connectivity index is 2.11. The van der Waals surface area contributed by atoms with Crippen LogP contribution in [0.25, 0.3) is 0 Å². The van der Waals surface area contributed by atoms with Crippen molar-refractivity contribution < 1.29 is 23.2 Å². The molecule has 7 nitrogen and oxygen atoms in total. The molecule has 0 heterocycles. The van der Waals surface area contributed by atoms with E-state index < -0.39 is 27.2 Å². The summed E-state index contributed by atoms with van der Waals surface area (Å²) in [6.45, 7) is 4.61. The Morgan fingerprint density at radius 1 is 1.15 bits per heavy atom. The van der Waals surface area contributed by atoms with Gasteiger partial charge in [0.15, 0.2) is 0 Å². The first-order chi connectivity index (χ1) is 12.6. The van der Waals surface area contributed by atoms with E-state index in [0.29, 0.717) is 22.7 Å². The van der Waals surface area contributed by atoms with Gasteiger partial charge in [-0.1, -0.05) is 35.5 Å². The maximum Gasteiger partial charge on any atom is 0.318 e. The smallest absolute Gasteiger partial charge is 0.318 e. The molecule has 2 rings (SSSR count). The van der Waals surface area contributed by atoms with Crippen molar-refractivity contribution in [2.45, 2.75) is 20.8 Å². The highest BCUT2D eigenvalue weighted by Gasteiger charge is 2.35.